The van der Waals surface area contributed by atoms with Gasteiger partial charge in [0.05, 0.1) is 6.21 Å². The number of halogens is 2. The third kappa shape index (κ3) is 4.62. The van der Waals surface area contributed by atoms with Gasteiger partial charge in [0, 0.05) is 14.8 Å². The van der Waals surface area contributed by atoms with Crippen LogP contribution in [0.1, 0.15) is 5.56 Å². The van der Waals surface area contributed by atoms with E-state index >= 15 is 0 Å². The Morgan fingerprint density at radius 3 is 2.59 bits per heavy atom. The second-order valence-corrected chi connectivity index (χ2v) is 5.35. The standard InChI is InChI=1S/C15H11FIN3O2/c16-11-5-3-6-12(8-11)19-14(21)15(22)20-18-9-10-4-1-2-7-13(10)17/h1-9H,(H,19,21)(H,20,22). The molecule has 0 fully saturated rings. The smallest absolute Gasteiger partial charge is 0.318 e. The zero-order chi connectivity index (χ0) is 15.9. The molecule has 2 aromatic rings. The lowest BCUT2D eigenvalue weighted by Crippen LogP contribution is -2.32. The Morgan fingerprint density at radius 1 is 1.09 bits per heavy atom. The number of benzene rings is 2. The Hall–Kier alpha value is -2.29. The van der Waals surface area contributed by atoms with Gasteiger partial charge in [-0.15, -0.1) is 0 Å². The fourth-order valence-electron chi connectivity index (χ4n) is 1.55. The monoisotopic (exact) mass is 411 g/mol. The lowest BCUT2D eigenvalue weighted by atomic mass is 10.2. The maximum atomic E-state index is 13.0. The average molecular weight is 411 g/mol. The van der Waals surface area contributed by atoms with Crippen molar-refractivity contribution < 1.29 is 14.0 Å². The minimum Gasteiger partial charge on any atom is -0.318 e. The maximum absolute atomic E-state index is 13.0. The maximum Gasteiger partial charge on any atom is 0.329 e. The van der Waals surface area contributed by atoms with E-state index in [2.05, 4.69) is 38.4 Å². The SMILES string of the molecule is O=C(NN=Cc1ccccc1I)C(=O)Nc1cccc(F)c1. The molecule has 0 saturated heterocycles. The highest BCUT2D eigenvalue weighted by atomic mass is 127. The Balaban J connectivity index is 1.92. The molecule has 0 aliphatic rings. The summed E-state index contributed by atoms with van der Waals surface area (Å²) >= 11 is 2.13. The van der Waals surface area contributed by atoms with Crippen LogP contribution < -0.4 is 10.7 Å². The van der Waals surface area contributed by atoms with Crippen LogP contribution in [0.15, 0.2) is 53.6 Å². The predicted octanol–water partition coefficient (Wildman–Crippen LogP) is 2.52. The number of hydrazone groups is 1. The van der Waals surface area contributed by atoms with E-state index in [0.29, 0.717) is 0 Å². The number of amides is 2. The average Bonchev–Trinajstić information content (AvgIpc) is 2.49. The Kier molecular flexibility index (Phi) is 5.59. The molecule has 0 bridgehead atoms. The van der Waals surface area contributed by atoms with E-state index in [1.165, 1.54) is 24.4 Å². The number of anilines is 1. The third-order valence-electron chi connectivity index (χ3n) is 2.56. The molecule has 22 heavy (non-hydrogen) atoms. The van der Waals surface area contributed by atoms with Gasteiger partial charge in [0.1, 0.15) is 5.82 Å². The van der Waals surface area contributed by atoms with E-state index in [-0.39, 0.29) is 5.69 Å². The summed E-state index contributed by atoms with van der Waals surface area (Å²) in [6.07, 6.45) is 1.44. The fourth-order valence-corrected chi connectivity index (χ4v) is 2.07. The van der Waals surface area contributed by atoms with Gasteiger partial charge < -0.3 is 5.32 Å². The van der Waals surface area contributed by atoms with Gasteiger partial charge in [-0.1, -0.05) is 24.3 Å². The van der Waals surface area contributed by atoms with Crippen molar-refractivity contribution in [1.29, 1.82) is 0 Å². The molecule has 2 aromatic carbocycles. The van der Waals surface area contributed by atoms with Crippen molar-refractivity contribution in [3.8, 4) is 0 Å². The Morgan fingerprint density at radius 2 is 1.86 bits per heavy atom. The molecule has 112 valence electrons. The first-order valence-corrected chi connectivity index (χ1v) is 7.28. The van der Waals surface area contributed by atoms with E-state index < -0.39 is 17.6 Å². The number of nitrogens with zero attached hydrogens (tertiary/aromatic N) is 1. The minimum atomic E-state index is -0.938. The molecule has 0 saturated carbocycles. The summed E-state index contributed by atoms with van der Waals surface area (Å²) in [4.78, 5) is 23.2. The molecule has 5 nitrogen and oxygen atoms in total. The second kappa shape index (κ2) is 7.64. The van der Waals surface area contributed by atoms with Gasteiger partial charge in [-0.3, -0.25) is 9.59 Å². The molecule has 0 aliphatic carbocycles. The first-order chi connectivity index (χ1) is 10.6. The van der Waals surface area contributed by atoms with E-state index in [0.717, 1.165) is 15.2 Å². The van der Waals surface area contributed by atoms with Crippen LogP contribution in [-0.2, 0) is 9.59 Å². The molecule has 0 unspecified atom stereocenters. The summed E-state index contributed by atoms with van der Waals surface area (Å²) in [6, 6.07) is 12.7. The molecule has 0 radical (unpaired) electrons. The predicted molar refractivity (Wildman–Crippen MR) is 89.9 cm³/mol. The van der Waals surface area contributed by atoms with E-state index in [1.807, 2.05) is 24.3 Å². The highest BCUT2D eigenvalue weighted by Crippen LogP contribution is 2.09. The molecule has 7 heteroatoms. The van der Waals surface area contributed by atoms with Gasteiger partial charge in [0.15, 0.2) is 0 Å². The second-order valence-electron chi connectivity index (χ2n) is 4.19. The Bertz CT molecular complexity index is 734. The number of hydrogen-bond acceptors (Lipinski definition) is 3. The van der Waals surface area contributed by atoms with Crippen LogP contribution in [0.5, 0.6) is 0 Å². The van der Waals surface area contributed by atoms with Crippen molar-refractivity contribution >= 4 is 46.3 Å². The van der Waals surface area contributed by atoms with Crippen molar-refractivity contribution in [3.05, 3.63) is 63.5 Å². The number of carbonyl (C=O) groups excluding carboxylic acids is 2. The fraction of sp³-hybridized carbons (Fsp3) is 0. The summed E-state index contributed by atoms with van der Waals surface area (Å²) in [6.45, 7) is 0. The zero-order valence-electron chi connectivity index (χ0n) is 11.2. The normalized spacial score (nSPS) is 10.5. The summed E-state index contributed by atoms with van der Waals surface area (Å²) in [5.74, 6) is -2.37. The first-order valence-electron chi connectivity index (χ1n) is 6.21. The number of rotatable bonds is 3. The van der Waals surface area contributed by atoms with E-state index in [4.69, 9.17) is 0 Å². The van der Waals surface area contributed by atoms with Crippen LogP contribution in [0, 0.1) is 9.39 Å². The Labute approximate surface area is 139 Å². The van der Waals surface area contributed by atoms with Gasteiger partial charge >= 0.3 is 11.8 Å². The molecule has 0 aromatic heterocycles. The zero-order valence-corrected chi connectivity index (χ0v) is 13.4. The lowest BCUT2D eigenvalue weighted by Gasteiger charge is -2.03. The first kappa shape index (κ1) is 16.1. The largest absolute Gasteiger partial charge is 0.329 e. The van der Waals surface area contributed by atoms with Crippen LogP contribution in [0.4, 0.5) is 10.1 Å². The van der Waals surface area contributed by atoms with Crippen molar-refractivity contribution in [2.75, 3.05) is 5.32 Å². The highest BCUT2D eigenvalue weighted by Gasteiger charge is 2.12. The van der Waals surface area contributed by atoms with Crippen LogP contribution in [-0.4, -0.2) is 18.0 Å². The molecule has 0 heterocycles. The molecule has 0 aliphatic heterocycles. The number of nitrogens with one attached hydrogen (secondary N) is 2. The summed E-state index contributed by atoms with van der Waals surface area (Å²) in [5.41, 5.74) is 3.12. The van der Waals surface area contributed by atoms with Crippen molar-refractivity contribution in [3.63, 3.8) is 0 Å². The molecule has 2 N–H and O–H groups in total. The van der Waals surface area contributed by atoms with Crippen LogP contribution in [0.3, 0.4) is 0 Å². The third-order valence-corrected chi connectivity index (χ3v) is 3.55. The quantitative estimate of drug-likeness (QED) is 0.353. The van der Waals surface area contributed by atoms with Crippen LogP contribution in [0.2, 0.25) is 0 Å². The van der Waals surface area contributed by atoms with E-state index in [9.17, 15) is 14.0 Å². The van der Waals surface area contributed by atoms with Gasteiger partial charge in [-0.05, 0) is 46.9 Å². The molecular formula is C15H11FIN3O2. The van der Waals surface area contributed by atoms with Gasteiger partial charge in [-0.2, -0.15) is 5.10 Å². The summed E-state index contributed by atoms with van der Waals surface area (Å²) < 4.78 is 13.9. The molecule has 0 spiro atoms. The summed E-state index contributed by atoms with van der Waals surface area (Å²) in [7, 11) is 0. The lowest BCUT2D eigenvalue weighted by molar-refractivity contribution is -0.136. The van der Waals surface area contributed by atoms with Crippen LogP contribution in [0.25, 0.3) is 0 Å². The topological polar surface area (TPSA) is 70.6 Å². The molecule has 2 rings (SSSR count). The van der Waals surface area contributed by atoms with Crippen molar-refractivity contribution in [2.24, 2.45) is 5.10 Å². The highest BCUT2D eigenvalue weighted by molar-refractivity contribution is 14.1. The number of hydrogen-bond donors (Lipinski definition) is 2. The van der Waals surface area contributed by atoms with Gasteiger partial charge in [-0.25, -0.2) is 9.82 Å². The van der Waals surface area contributed by atoms with Crippen molar-refractivity contribution in [2.45, 2.75) is 0 Å². The minimum absolute atomic E-state index is 0.196. The molecule has 2 amide bonds. The molecular weight excluding hydrogens is 400 g/mol. The summed E-state index contributed by atoms with van der Waals surface area (Å²) in [5, 5.41) is 5.99. The number of carbonyl (C=O) groups is 2. The van der Waals surface area contributed by atoms with Crippen molar-refractivity contribution in [1.82, 2.24) is 5.43 Å². The van der Waals surface area contributed by atoms with E-state index in [1.54, 1.807) is 0 Å². The van der Waals surface area contributed by atoms with Crippen LogP contribution >= 0.6 is 22.6 Å². The molecule has 0 atom stereocenters. The van der Waals surface area contributed by atoms with Gasteiger partial charge in [0.2, 0.25) is 0 Å². The van der Waals surface area contributed by atoms with Gasteiger partial charge in [0.25, 0.3) is 0 Å².